The van der Waals surface area contributed by atoms with Crippen LogP contribution in [0.5, 0.6) is 0 Å². The van der Waals surface area contributed by atoms with Gasteiger partial charge in [0.2, 0.25) is 0 Å². The Morgan fingerprint density at radius 3 is 2.29 bits per heavy atom. The molecule has 1 heterocycles. The molecule has 4 rings (SSSR count). The van der Waals surface area contributed by atoms with Crippen LogP contribution in [0.1, 0.15) is 31.8 Å². The number of benzene rings is 3. The Labute approximate surface area is 195 Å². The highest BCUT2D eigenvalue weighted by atomic mass is 35.5. The average molecular weight is 488 g/mol. The second-order valence-electron chi connectivity index (χ2n) is 7.21. The van der Waals surface area contributed by atoms with E-state index in [-0.39, 0.29) is 28.7 Å². The summed E-state index contributed by atoms with van der Waals surface area (Å²) in [6, 6.07) is 12.6. The first-order valence-electron chi connectivity index (χ1n) is 9.79. The Kier molecular flexibility index (Phi) is 6.47. The number of nitrogens with zero attached hydrogens (tertiary/aromatic N) is 2. The zero-order chi connectivity index (χ0) is 24.4. The van der Waals surface area contributed by atoms with Crippen molar-refractivity contribution < 1.29 is 27.2 Å². The van der Waals surface area contributed by atoms with Gasteiger partial charge in [-0.15, -0.1) is 0 Å². The second kappa shape index (κ2) is 9.48. The van der Waals surface area contributed by atoms with E-state index in [2.05, 4.69) is 10.4 Å². The van der Waals surface area contributed by atoms with E-state index in [1.807, 2.05) is 0 Å². The summed E-state index contributed by atoms with van der Waals surface area (Å²) in [5.41, 5.74) is 0.0162. The number of aromatic nitrogens is 2. The second-order valence-corrected chi connectivity index (χ2v) is 7.65. The minimum atomic E-state index is -1.79. The van der Waals surface area contributed by atoms with Gasteiger partial charge in [-0.05, 0) is 30.3 Å². The number of carbonyl (C=O) groups is 2. The molecule has 1 aromatic heterocycles. The molecule has 0 aliphatic rings. The minimum Gasteiger partial charge on any atom is -0.319 e. The van der Waals surface area contributed by atoms with Crippen molar-refractivity contribution in [3.05, 3.63) is 118 Å². The molecule has 0 aliphatic heterocycles. The van der Waals surface area contributed by atoms with Gasteiger partial charge in [0.25, 0.3) is 5.91 Å². The van der Waals surface area contributed by atoms with Gasteiger partial charge in [0, 0.05) is 34.0 Å². The topological polar surface area (TPSA) is 64.0 Å². The number of hydrogen-bond acceptors (Lipinski definition) is 3. The van der Waals surface area contributed by atoms with Gasteiger partial charge >= 0.3 is 0 Å². The van der Waals surface area contributed by atoms with Crippen LogP contribution < -0.4 is 5.32 Å². The fourth-order valence-electron chi connectivity index (χ4n) is 3.26. The Morgan fingerprint density at radius 2 is 1.59 bits per heavy atom. The van der Waals surface area contributed by atoms with Crippen LogP contribution in [0.3, 0.4) is 0 Å². The van der Waals surface area contributed by atoms with Crippen molar-refractivity contribution in [1.29, 1.82) is 0 Å². The molecule has 0 saturated heterocycles. The molecule has 0 bridgehead atoms. The lowest BCUT2D eigenvalue weighted by Crippen LogP contribution is -2.16. The largest absolute Gasteiger partial charge is 0.319 e. The molecular weight excluding hydrogens is 474 g/mol. The quantitative estimate of drug-likeness (QED) is 0.166. The predicted octanol–water partition coefficient (Wildman–Crippen LogP) is 5.62. The number of carbonyl (C=O) groups excluding carboxylic acids is 2. The van der Waals surface area contributed by atoms with Gasteiger partial charge in [0.05, 0.1) is 24.0 Å². The molecule has 0 saturated carbocycles. The maximum absolute atomic E-state index is 13.9. The summed E-state index contributed by atoms with van der Waals surface area (Å²) in [5.74, 6) is -7.37. The highest BCUT2D eigenvalue weighted by molar-refractivity contribution is 6.30. The molecule has 0 aliphatic carbocycles. The summed E-state index contributed by atoms with van der Waals surface area (Å²) < 4.78 is 55.4. The van der Waals surface area contributed by atoms with Crippen LogP contribution in [0.2, 0.25) is 5.02 Å². The molecule has 172 valence electrons. The maximum Gasteiger partial charge on any atom is 0.256 e. The van der Waals surface area contributed by atoms with Gasteiger partial charge in [0.15, 0.2) is 23.2 Å². The minimum absolute atomic E-state index is 0.0906. The Bertz CT molecular complexity index is 1400. The smallest absolute Gasteiger partial charge is 0.256 e. The van der Waals surface area contributed by atoms with E-state index in [9.17, 15) is 27.2 Å². The van der Waals surface area contributed by atoms with Crippen LogP contribution in [0.25, 0.3) is 0 Å². The fourth-order valence-corrected chi connectivity index (χ4v) is 3.39. The van der Waals surface area contributed by atoms with E-state index in [0.29, 0.717) is 10.6 Å². The van der Waals surface area contributed by atoms with Crippen LogP contribution in [-0.2, 0) is 6.54 Å². The summed E-state index contributed by atoms with van der Waals surface area (Å²) in [6.07, 6.45) is 2.46. The SMILES string of the molecule is O=C(Nc1cnn(Cc2c(F)cc(F)c(F)c2F)c1)c1ccccc1C(=O)c1ccc(Cl)cc1. The number of nitrogens with one attached hydrogen (secondary N) is 1. The summed E-state index contributed by atoms with van der Waals surface area (Å²) >= 11 is 5.86. The molecule has 0 spiro atoms. The molecule has 3 aromatic carbocycles. The highest BCUT2D eigenvalue weighted by Gasteiger charge is 2.21. The average Bonchev–Trinajstić information content (AvgIpc) is 3.27. The third-order valence-corrected chi connectivity index (χ3v) is 5.20. The molecular formula is C24H14ClF4N3O2. The molecule has 34 heavy (non-hydrogen) atoms. The van der Waals surface area contributed by atoms with Crippen LogP contribution >= 0.6 is 11.6 Å². The lowest BCUT2D eigenvalue weighted by Gasteiger charge is -2.09. The van der Waals surface area contributed by atoms with Gasteiger partial charge in [0.1, 0.15) is 5.82 Å². The van der Waals surface area contributed by atoms with Crippen molar-refractivity contribution in [1.82, 2.24) is 9.78 Å². The van der Waals surface area contributed by atoms with Crippen molar-refractivity contribution in [2.45, 2.75) is 6.54 Å². The first kappa shape index (κ1) is 23.2. The summed E-state index contributed by atoms with van der Waals surface area (Å²) in [5, 5.41) is 6.89. The van der Waals surface area contributed by atoms with Gasteiger partial charge in [-0.25, -0.2) is 17.6 Å². The molecule has 4 aromatic rings. The fraction of sp³-hybridized carbons (Fsp3) is 0.0417. The monoisotopic (exact) mass is 487 g/mol. The number of anilines is 1. The summed E-state index contributed by atoms with van der Waals surface area (Å²) in [4.78, 5) is 25.7. The van der Waals surface area contributed by atoms with Gasteiger partial charge < -0.3 is 5.32 Å². The van der Waals surface area contributed by atoms with Crippen LogP contribution in [0.15, 0.2) is 67.0 Å². The van der Waals surface area contributed by atoms with E-state index < -0.39 is 41.3 Å². The molecule has 1 amide bonds. The van der Waals surface area contributed by atoms with Crippen molar-refractivity contribution in [2.75, 3.05) is 5.32 Å². The van der Waals surface area contributed by atoms with Crippen LogP contribution in [-0.4, -0.2) is 21.5 Å². The number of halogens is 5. The lowest BCUT2D eigenvalue weighted by atomic mass is 9.98. The molecule has 0 atom stereocenters. The van der Waals surface area contributed by atoms with Crippen LogP contribution in [0, 0.1) is 23.3 Å². The Morgan fingerprint density at radius 1 is 0.912 bits per heavy atom. The standard InChI is InChI=1S/C24H14ClF4N3O2/c25-14-7-5-13(6-8-14)23(33)16-3-1-2-4-17(16)24(34)31-15-10-30-32(11-15)12-18-19(26)9-20(27)22(29)21(18)28/h1-11H,12H2,(H,31,34). The zero-order valence-corrected chi connectivity index (χ0v) is 17.9. The Hall–Kier alpha value is -3.98. The van der Waals surface area contributed by atoms with Gasteiger partial charge in [-0.1, -0.05) is 29.8 Å². The van der Waals surface area contributed by atoms with Gasteiger partial charge in [-0.3, -0.25) is 14.3 Å². The maximum atomic E-state index is 13.9. The van der Waals surface area contributed by atoms with Crippen molar-refractivity contribution in [3.63, 3.8) is 0 Å². The highest BCUT2D eigenvalue weighted by Crippen LogP contribution is 2.21. The predicted molar refractivity (Wildman–Crippen MR) is 117 cm³/mol. The zero-order valence-electron chi connectivity index (χ0n) is 17.2. The van der Waals surface area contributed by atoms with E-state index >= 15 is 0 Å². The van der Waals surface area contributed by atoms with Gasteiger partial charge in [-0.2, -0.15) is 5.10 Å². The molecule has 0 fully saturated rings. The number of amides is 1. The Balaban J connectivity index is 1.54. The van der Waals surface area contributed by atoms with Crippen molar-refractivity contribution in [2.24, 2.45) is 0 Å². The van der Waals surface area contributed by atoms with E-state index in [1.54, 1.807) is 36.4 Å². The molecule has 10 heteroatoms. The first-order valence-corrected chi connectivity index (χ1v) is 10.2. The van der Waals surface area contributed by atoms with Crippen molar-refractivity contribution >= 4 is 29.0 Å². The van der Waals surface area contributed by atoms with E-state index in [4.69, 9.17) is 11.6 Å². The van der Waals surface area contributed by atoms with E-state index in [1.165, 1.54) is 24.5 Å². The lowest BCUT2D eigenvalue weighted by molar-refractivity contribution is 0.0996. The number of hydrogen-bond donors (Lipinski definition) is 1. The number of rotatable bonds is 6. The van der Waals surface area contributed by atoms with Crippen LogP contribution in [0.4, 0.5) is 23.2 Å². The third-order valence-electron chi connectivity index (χ3n) is 4.94. The molecule has 0 radical (unpaired) electrons. The molecule has 1 N–H and O–H groups in total. The third kappa shape index (κ3) is 4.69. The number of ketones is 1. The normalized spacial score (nSPS) is 10.9. The molecule has 5 nitrogen and oxygen atoms in total. The van der Waals surface area contributed by atoms with Crippen molar-refractivity contribution in [3.8, 4) is 0 Å². The molecule has 0 unspecified atom stereocenters. The summed E-state index contributed by atoms with van der Waals surface area (Å²) in [6.45, 7) is -0.545. The summed E-state index contributed by atoms with van der Waals surface area (Å²) in [7, 11) is 0. The van der Waals surface area contributed by atoms with E-state index in [0.717, 1.165) is 4.68 Å². The first-order chi connectivity index (χ1) is 16.2.